The molecule has 0 radical (unpaired) electrons. The second kappa shape index (κ2) is 6.54. The van der Waals surface area contributed by atoms with Crippen LogP contribution >= 0.6 is 0 Å². The fraction of sp³-hybridized carbons (Fsp3) is 0.375. The van der Waals surface area contributed by atoms with Crippen molar-refractivity contribution in [1.82, 2.24) is 15.1 Å². The second-order valence-electron chi connectivity index (χ2n) is 5.35. The van der Waals surface area contributed by atoms with E-state index in [2.05, 4.69) is 10.4 Å². The number of aryl methyl sites for hydroxylation is 1. The van der Waals surface area contributed by atoms with E-state index >= 15 is 0 Å². The third-order valence-electron chi connectivity index (χ3n) is 3.41. The maximum Gasteiger partial charge on any atom is 0.221 e. The highest BCUT2D eigenvalue weighted by Crippen LogP contribution is 2.17. The molecule has 1 unspecified atom stereocenters. The summed E-state index contributed by atoms with van der Waals surface area (Å²) in [5.41, 5.74) is 9.67. The molecule has 1 aromatic heterocycles. The fourth-order valence-corrected chi connectivity index (χ4v) is 2.30. The van der Waals surface area contributed by atoms with Crippen molar-refractivity contribution in [3.63, 3.8) is 0 Å². The number of nitrogens with two attached hydrogens (primary N) is 1. The fourth-order valence-electron chi connectivity index (χ4n) is 2.30. The molecule has 1 heterocycles. The zero-order chi connectivity index (χ0) is 15.4. The minimum atomic E-state index is -0.126. The number of nitrogens with zero attached hydrogens (tertiary/aromatic N) is 2. The SMILES string of the molecule is Cc1nn(-c2ccccc2)c(C)c1CNC(=O)CC(C)N. The van der Waals surface area contributed by atoms with E-state index in [-0.39, 0.29) is 11.9 Å². The van der Waals surface area contributed by atoms with E-state index in [0.29, 0.717) is 13.0 Å². The van der Waals surface area contributed by atoms with Crippen molar-refractivity contribution in [2.75, 3.05) is 0 Å². The van der Waals surface area contributed by atoms with Crippen LogP contribution in [0.2, 0.25) is 0 Å². The molecular weight excluding hydrogens is 264 g/mol. The number of carbonyl (C=O) groups is 1. The minimum Gasteiger partial charge on any atom is -0.352 e. The summed E-state index contributed by atoms with van der Waals surface area (Å²) in [6.07, 6.45) is 0.338. The molecule has 2 aromatic rings. The molecule has 1 aromatic carbocycles. The molecule has 21 heavy (non-hydrogen) atoms. The van der Waals surface area contributed by atoms with Gasteiger partial charge in [-0.2, -0.15) is 5.10 Å². The highest BCUT2D eigenvalue weighted by atomic mass is 16.1. The Labute approximate surface area is 125 Å². The summed E-state index contributed by atoms with van der Waals surface area (Å²) < 4.78 is 1.91. The van der Waals surface area contributed by atoms with Gasteiger partial charge < -0.3 is 11.1 Å². The molecule has 0 saturated heterocycles. The van der Waals surface area contributed by atoms with Crippen molar-refractivity contribution in [2.45, 2.75) is 39.8 Å². The van der Waals surface area contributed by atoms with Gasteiger partial charge in [-0.3, -0.25) is 4.79 Å². The average molecular weight is 286 g/mol. The minimum absolute atomic E-state index is 0.0312. The van der Waals surface area contributed by atoms with Crippen molar-refractivity contribution in [3.05, 3.63) is 47.3 Å². The van der Waals surface area contributed by atoms with Crippen LogP contribution in [0.25, 0.3) is 5.69 Å². The van der Waals surface area contributed by atoms with Gasteiger partial charge in [0.1, 0.15) is 0 Å². The zero-order valence-electron chi connectivity index (χ0n) is 12.8. The first-order valence-corrected chi connectivity index (χ1v) is 7.12. The molecule has 1 atom stereocenters. The summed E-state index contributed by atoms with van der Waals surface area (Å²) in [5.74, 6) is -0.0312. The van der Waals surface area contributed by atoms with E-state index in [1.54, 1.807) is 0 Å². The van der Waals surface area contributed by atoms with Gasteiger partial charge in [0.05, 0.1) is 11.4 Å². The summed E-state index contributed by atoms with van der Waals surface area (Å²) in [7, 11) is 0. The van der Waals surface area contributed by atoms with Gasteiger partial charge >= 0.3 is 0 Å². The highest BCUT2D eigenvalue weighted by Gasteiger charge is 2.13. The quantitative estimate of drug-likeness (QED) is 0.881. The van der Waals surface area contributed by atoms with Gasteiger partial charge in [-0.15, -0.1) is 0 Å². The van der Waals surface area contributed by atoms with Gasteiger partial charge in [-0.1, -0.05) is 18.2 Å². The monoisotopic (exact) mass is 286 g/mol. The van der Waals surface area contributed by atoms with E-state index in [4.69, 9.17) is 5.73 Å². The predicted molar refractivity (Wildman–Crippen MR) is 83.2 cm³/mol. The Morgan fingerprint density at radius 1 is 1.33 bits per heavy atom. The molecular formula is C16H22N4O. The van der Waals surface area contributed by atoms with E-state index in [1.807, 2.05) is 55.8 Å². The number of carbonyl (C=O) groups excluding carboxylic acids is 1. The molecule has 1 amide bonds. The molecule has 5 heteroatoms. The molecule has 0 aliphatic carbocycles. The summed E-state index contributed by atoms with van der Waals surface area (Å²) in [6, 6.07) is 9.84. The lowest BCUT2D eigenvalue weighted by Crippen LogP contribution is -2.29. The lowest BCUT2D eigenvalue weighted by atomic mass is 10.2. The first kappa shape index (κ1) is 15.3. The molecule has 0 spiro atoms. The normalized spacial score (nSPS) is 12.2. The molecule has 3 N–H and O–H groups in total. The number of hydrogen-bond acceptors (Lipinski definition) is 3. The van der Waals surface area contributed by atoms with Gasteiger partial charge in [0.2, 0.25) is 5.91 Å². The van der Waals surface area contributed by atoms with Crippen molar-refractivity contribution in [3.8, 4) is 5.69 Å². The van der Waals surface area contributed by atoms with Crippen LogP contribution in [0.15, 0.2) is 30.3 Å². The molecule has 5 nitrogen and oxygen atoms in total. The number of amides is 1. The zero-order valence-corrected chi connectivity index (χ0v) is 12.8. The van der Waals surface area contributed by atoms with E-state index in [1.165, 1.54) is 0 Å². The van der Waals surface area contributed by atoms with Crippen LogP contribution in [0, 0.1) is 13.8 Å². The lowest BCUT2D eigenvalue weighted by Gasteiger charge is -2.08. The van der Waals surface area contributed by atoms with E-state index in [0.717, 1.165) is 22.6 Å². The van der Waals surface area contributed by atoms with Crippen LogP contribution in [-0.4, -0.2) is 21.7 Å². The summed E-state index contributed by atoms with van der Waals surface area (Å²) in [5, 5.41) is 7.46. The van der Waals surface area contributed by atoms with Crippen LogP contribution < -0.4 is 11.1 Å². The number of aromatic nitrogens is 2. The number of nitrogens with one attached hydrogen (secondary N) is 1. The molecule has 2 rings (SSSR count). The van der Waals surface area contributed by atoms with Gasteiger partial charge in [0.15, 0.2) is 0 Å². The van der Waals surface area contributed by atoms with Crippen molar-refractivity contribution in [1.29, 1.82) is 0 Å². The molecule has 0 saturated carbocycles. The van der Waals surface area contributed by atoms with Crippen LogP contribution in [0.1, 0.15) is 30.3 Å². The van der Waals surface area contributed by atoms with Crippen LogP contribution in [-0.2, 0) is 11.3 Å². The van der Waals surface area contributed by atoms with E-state index in [9.17, 15) is 4.79 Å². The Balaban J connectivity index is 2.15. The first-order chi connectivity index (χ1) is 9.99. The average Bonchev–Trinajstić information content (AvgIpc) is 2.72. The van der Waals surface area contributed by atoms with Gasteiger partial charge in [-0.25, -0.2) is 4.68 Å². The number of hydrogen-bond donors (Lipinski definition) is 2. The highest BCUT2D eigenvalue weighted by molar-refractivity contribution is 5.76. The third-order valence-corrected chi connectivity index (χ3v) is 3.41. The molecule has 0 fully saturated rings. The summed E-state index contributed by atoms with van der Waals surface area (Å²) in [6.45, 7) is 6.28. The third kappa shape index (κ3) is 3.70. The first-order valence-electron chi connectivity index (χ1n) is 7.12. The van der Waals surface area contributed by atoms with Crippen molar-refractivity contribution < 1.29 is 4.79 Å². The topological polar surface area (TPSA) is 72.9 Å². The number of para-hydroxylation sites is 1. The van der Waals surface area contributed by atoms with Crippen LogP contribution in [0.3, 0.4) is 0 Å². The maximum atomic E-state index is 11.7. The standard InChI is InChI=1S/C16H22N4O/c1-11(17)9-16(21)18-10-15-12(2)19-20(13(15)3)14-7-5-4-6-8-14/h4-8,11H,9-10,17H2,1-3H3,(H,18,21). The molecule has 0 bridgehead atoms. The van der Waals surface area contributed by atoms with Crippen LogP contribution in [0.5, 0.6) is 0 Å². The Morgan fingerprint density at radius 2 is 2.00 bits per heavy atom. The molecule has 112 valence electrons. The van der Waals surface area contributed by atoms with Gasteiger partial charge in [-0.05, 0) is 32.9 Å². The maximum absolute atomic E-state index is 11.7. The lowest BCUT2D eigenvalue weighted by molar-refractivity contribution is -0.121. The number of benzene rings is 1. The molecule has 0 aliphatic rings. The second-order valence-corrected chi connectivity index (χ2v) is 5.35. The summed E-state index contributed by atoms with van der Waals surface area (Å²) in [4.78, 5) is 11.7. The van der Waals surface area contributed by atoms with Crippen LogP contribution in [0.4, 0.5) is 0 Å². The van der Waals surface area contributed by atoms with Crippen molar-refractivity contribution >= 4 is 5.91 Å². The van der Waals surface area contributed by atoms with Crippen molar-refractivity contribution in [2.24, 2.45) is 5.73 Å². The predicted octanol–water partition coefficient (Wildman–Crippen LogP) is 1.84. The number of rotatable bonds is 5. The Kier molecular flexibility index (Phi) is 4.75. The van der Waals surface area contributed by atoms with Gasteiger partial charge in [0.25, 0.3) is 0 Å². The van der Waals surface area contributed by atoms with Gasteiger partial charge in [0, 0.05) is 30.3 Å². The smallest absolute Gasteiger partial charge is 0.221 e. The Morgan fingerprint density at radius 3 is 2.62 bits per heavy atom. The van der Waals surface area contributed by atoms with E-state index < -0.39 is 0 Å². The molecule has 0 aliphatic heterocycles. The Hall–Kier alpha value is -2.14. The summed E-state index contributed by atoms with van der Waals surface area (Å²) >= 11 is 0. The Bertz CT molecular complexity index is 617. The largest absolute Gasteiger partial charge is 0.352 e.